The van der Waals surface area contributed by atoms with Gasteiger partial charge >= 0.3 is 0 Å². The summed E-state index contributed by atoms with van der Waals surface area (Å²) in [5.74, 6) is -1.89. The smallest absolute Gasteiger partial charge is 0.232 e. The van der Waals surface area contributed by atoms with Gasteiger partial charge in [-0.15, -0.1) is 0 Å². The van der Waals surface area contributed by atoms with Gasteiger partial charge in [-0.3, -0.25) is 4.79 Å². The molecule has 2 atom stereocenters. The molecule has 2 aromatic rings. The summed E-state index contributed by atoms with van der Waals surface area (Å²) in [5.41, 5.74) is 0.736. The van der Waals surface area contributed by atoms with E-state index in [-0.39, 0.29) is 17.5 Å². The molecule has 4 heteroatoms. The van der Waals surface area contributed by atoms with Crippen molar-refractivity contribution in [2.75, 3.05) is 5.32 Å². The summed E-state index contributed by atoms with van der Waals surface area (Å²) in [6, 6.07) is 12.4. The summed E-state index contributed by atoms with van der Waals surface area (Å²) in [5, 5.41) is 2.51. The van der Waals surface area contributed by atoms with E-state index in [2.05, 4.69) is 5.32 Å². The van der Waals surface area contributed by atoms with E-state index in [0.717, 1.165) is 30.2 Å². The zero-order valence-corrected chi connectivity index (χ0v) is 12.6. The third-order valence-corrected chi connectivity index (χ3v) is 3.84. The highest BCUT2D eigenvalue weighted by molar-refractivity contribution is 5.96. The molecule has 0 saturated heterocycles. The SMILES string of the molecule is CC[C@H](C)[C@H](C(=O)Nc1cc(F)ccc1F)c1ccccc1. The van der Waals surface area contributed by atoms with Gasteiger partial charge in [0.1, 0.15) is 11.6 Å². The van der Waals surface area contributed by atoms with Crippen LogP contribution in [0.25, 0.3) is 0 Å². The molecule has 0 aliphatic carbocycles. The summed E-state index contributed by atoms with van der Waals surface area (Å²) >= 11 is 0. The zero-order chi connectivity index (χ0) is 16.1. The Labute approximate surface area is 129 Å². The van der Waals surface area contributed by atoms with Gasteiger partial charge in [-0.1, -0.05) is 50.6 Å². The van der Waals surface area contributed by atoms with Gasteiger partial charge in [0, 0.05) is 6.07 Å². The third-order valence-electron chi connectivity index (χ3n) is 3.84. The number of carbonyl (C=O) groups is 1. The van der Waals surface area contributed by atoms with Crippen molar-refractivity contribution in [3.05, 3.63) is 65.7 Å². The highest BCUT2D eigenvalue weighted by atomic mass is 19.1. The maximum absolute atomic E-state index is 13.7. The minimum atomic E-state index is -0.647. The van der Waals surface area contributed by atoms with Gasteiger partial charge in [0.2, 0.25) is 5.91 Å². The molecule has 116 valence electrons. The number of nitrogens with one attached hydrogen (secondary N) is 1. The average molecular weight is 303 g/mol. The quantitative estimate of drug-likeness (QED) is 0.849. The molecule has 0 aromatic heterocycles. The molecule has 0 unspecified atom stereocenters. The van der Waals surface area contributed by atoms with E-state index in [4.69, 9.17) is 0 Å². The van der Waals surface area contributed by atoms with Crippen molar-refractivity contribution >= 4 is 11.6 Å². The van der Waals surface area contributed by atoms with Gasteiger partial charge in [0.05, 0.1) is 11.6 Å². The molecule has 22 heavy (non-hydrogen) atoms. The number of amides is 1. The molecule has 0 saturated carbocycles. The van der Waals surface area contributed by atoms with Crippen molar-refractivity contribution < 1.29 is 13.6 Å². The van der Waals surface area contributed by atoms with Gasteiger partial charge in [-0.05, 0) is 23.6 Å². The molecule has 1 amide bonds. The summed E-state index contributed by atoms with van der Waals surface area (Å²) < 4.78 is 26.9. The normalized spacial score (nSPS) is 13.5. The number of hydrogen-bond donors (Lipinski definition) is 1. The van der Waals surface area contributed by atoms with Crippen LogP contribution in [0.2, 0.25) is 0 Å². The van der Waals surface area contributed by atoms with Crippen LogP contribution in [0.1, 0.15) is 31.7 Å². The molecule has 1 N–H and O–H groups in total. The fourth-order valence-electron chi connectivity index (χ4n) is 2.44. The predicted octanol–water partition coefficient (Wildman–Crippen LogP) is 4.73. The van der Waals surface area contributed by atoms with Crippen molar-refractivity contribution in [3.8, 4) is 0 Å². The number of carbonyl (C=O) groups excluding carboxylic acids is 1. The molecule has 0 heterocycles. The van der Waals surface area contributed by atoms with Gasteiger partial charge in [-0.2, -0.15) is 0 Å². The van der Waals surface area contributed by atoms with Crippen molar-refractivity contribution in [2.24, 2.45) is 5.92 Å². The molecule has 0 spiro atoms. The monoisotopic (exact) mass is 303 g/mol. The standard InChI is InChI=1S/C18H19F2NO/c1-3-12(2)17(13-7-5-4-6-8-13)18(22)21-16-11-14(19)9-10-15(16)20/h4-12,17H,3H2,1-2H3,(H,21,22)/t12-,17-/m0/s1. The zero-order valence-electron chi connectivity index (χ0n) is 12.6. The van der Waals surface area contributed by atoms with Gasteiger partial charge in [0.25, 0.3) is 0 Å². The molecule has 0 aliphatic heterocycles. The maximum Gasteiger partial charge on any atom is 0.232 e. The lowest BCUT2D eigenvalue weighted by molar-refractivity contribution is -0.118. The highest BCUT2D eigenvalue weighted by Gasteiger charge is 2.26. The number of rotatable bonds is 5. The Balaban J connectivity index is 2.28. The molecular weight excluding hydrogens is 284 g/mol. The van der Waals surface area contributed by atoms with E-state index in [9.17, 15) is 13.6 Å². The van der Waals surface area contributed by atoms with E-state index in [0.29, 0.717) is 0 Å². The van der Waals surface area contributed by atoms with Crippen LogP contribution in [0, 0.1) is 17.6 Å². The number of hydrogen-bond acceptors (Lipinski definition) is 1. The Morgan fingerprint density at radius 3 is 2.45 bits per heavy atom. The molecule has 0 aliphatic rings. The van der Waals surface area contributed by atoms with Crippen molar-refractivity contribution in [1.82, 2.24) is 0 Å². The lowest BCUT2D eigenvalue weighted by atomic mass is 9.85. The second kappa shape index (κ2) is 7.16. The van der Waals surface area contributed by atoms with E-state index < -0.39 is 17.6 Å². The average Bonchev–Trinajstić information content (AvgIpc) is 2.52. The Bertz CT molecular complexity index is 643. The minimum Gasteiger partial charge on any atom is -0.323 e. The van der Waals surface area contributed by atoms with Gasteiger partial charge in [-0.25, -0.2) is 8.78 Å². The van der Waals surface area contributed by atoms with Crippen LogP contribution in [0.5, 0.6) is 0 Å². The number of halogens is 2. The van der Waals surface area contributed by atoms with Crippen LogP contribution in [-0.4, -0.2) is 5.91 Å². The molecule has 0 bridgehead atoms. The molecule has 2 aromatic carbocycles. The fraction of sp³-hybridized carbons (Fsp3) is 0.278. The first-order valence-corrected chi connectivity index (χ1v) is 7.33. The predicted molar refractivity (Wildman–Crippen MR) is 83.6 cm³/mol. The lowest BCUT2D eigenvalue weighted by Gasteiger charge is -2.23. The second-order valence-electron chi connectivity index (χ2n) is 5.39. The summed E-state index contributed by atoms with van der Waals surface area (Å²) in [6.07, 6.45) is 0.804. The second-order valence-corrected chi connectivity index (χ2v) is 5.39. The Kier molecular flexibility index (Phi) is 5.26. The molecule has 0 fully saturated rings. The topological polar surface area (TPSA) is 29.1 Å². The van der Waals surface area contributed by atoms with E-state index in [1.165, 1.54) is 0 Å². The van der Waals surface area contributed by atoms with E-state index in [1.54, 1.807) is 0 Å². The largest absolute Gasteiger partial charge is 0.323 e. The van der Waals surface area contributed by atoms with Crippen LogP contribution in [0.4, 0.5) is 14.5 Å². The molecular formula is C18H19F2NO. The number of benzene rings is 2. The lowest BCUT2D eigenvalue weighted by Crippen LogP contribution is -2.26. The summed E-state index contributed by atoms with van der Waals surface area (Å²) in [4.78, 5) is 12.6. The molecule has 0 radical (unpaired) electrons. The van der Waals surface area contributed by atoms with Gasteiger partial charge in [0.15, 0.2) is 0 Å². The van der Waals surface area contributed by atoms with Crippen molar-refractivity contribution in [3.63, 3.8) is 0 Å². The van der Waals surface area contributed by atoms with Crippen LogP contribution < -0.4 is 5.32 Å². The van der Waals surface area contributed by atoms with E-state index in [1.807, 2.05) is 44.2 Å². The van der Waals surface area contributed by atoms with Crippen LogP contribution in [0.3, 0.4) is 0 Å². The van der Waals surface area contributed by atoms with Crippen LogP contribution >= 0.6 is 0 Å². The highest BCUT2D eigenvalue weighted by Crippen LogP contribution is 2.29. The fourth-order valence-corrected chi connectivity index (χ4v) is 2.44. The Morgan fingerprint density at radius 2 is 1.82 bits per heavy atom. The van der Waals surface area contributed by atoms with Crippen LogP contribution in [0.15, 0.2) is 48.5 Å². The number of anilines is 1. The maximum atomic E-state index is 13.7. The van der Waals surface area contributed by atoms with Gasteiger partial charge < -0.3 is 5.32 Å². The molecule has 2 nitrogen and oxygen atoms in total. The van der Waals surface area contributed by atoms with E-state index >= 15 is 0 Å². The summed E-state index contributed by atoms with van der Waals surface area (Å²) in [6.45, 7) is 3.97. The van der Waals surface area contributed by atoms with Crippen molar-refractivity contribution in [1.29, 1.82) is 0 Å². The first-order valence-electron chi connectivity index (χ1n) is 7.33. The first kappa shape index (κ1) is 16.1. The Morgan fingerprint density at radius 1 is 1.14 bits per heavy atom. The first-order chi connectivity index (χ1) is 10.5. The van der Waals surface area contributed by atoms with Crippen LogP contribution in [-0.2, 0) is 4.79 Å². The summed E-state index contributed by atoms with van der Waals surface area (Å²) in [7, 11) is 0. The third kappa shape index (κ3) is 3.70. The van der Waals surface area contributed by atoms with Crippen molar-refractivity contribution in [2.45, 2.75) is 26.2 Å². The Hall–Kier alpha value is -2.23. The minimum absolute atomic E-state index is 0.0824. The molecule has 2 rings (SSSR count).